The van der Waals surface area contributed by atoms with E-state index in [4.69, 9.17) is 9.47 Å². The molecule has 0 fully saturated rings. The van der Waals surface area contributed by atoms with Gasteiger partial charge in [0.15, 0.2) is 11.5 Å². The number of hydrogen-bond acceptors (Lipinski definition) is 6. The SMILES string of the molecule is CNS(=O)(=O)CCNCc1cc(OC)c(O)c(OC)c1. The van der Waals surface area contributed by atoms with Gasteiger partial charge in [-0.2, -0.15) is 0 Å². The Morgan fingerprint density at radius 2 is 1.75 bits per heavy atom. The van der Waals surface area contributed by atoms with Gasteiger partial charge in [-0.05, 0) is 24.7 Å². The molecule has 7 nitrogen and oxygen atoms in total. The van der Waals surface area contributed by atoms with E-state index in [1.54, 1.807) is 12.1 Å². The molecule has 1 aromatic carbocycles. The van der Waals surface area contributed by atoms with E-state index in [2.05, 4.69) is 10.0 Å². The first kappa shape index (κ1) is 16.5. The minimum absolute atomic E-state index is 0.00411. The Kier molecular flexibility index (Phi) is 6.05. The summed E-state index contributed by atoms with van der Waals surface area (Å²) in [6.07, 6.45) is 0. The summed E-state index contributed by atoms with van der Waals surface area (Å²) in [5.41, 5.74) is 0.818. The quantitative estimate of drug-likeness (QED) is 0.587. The lowest BCUT2D eigenvalue weighted by Gasteiger charge is -2.12. The summed E-state index contributed by atoms with van der Waals surface area (Å²) in [5, 5.41) is 12.8. The summed E-state index contributed by atoms with van der Waals surface area (Å²) in [4.78, 5) is 0. The van der Waals surface area contributed by atoms with Crippen LogP contribution >= 0.6 is 0 Å². The van der Waals surface area contributed by atoms with Crippen molar-refractivity contribution in [3.05, 3.63) is 17.7 Å². The zero-order valence-corrected chi connectivity index (χ0v) is 12.6. The third kappa shape index (κ3) is 4.55. The second-order valence-corrected chi connectivity index (χ2v) is 6.09. The van der Waals surface area contributed by atoms with Crippen molar-refractivity contribution < 1.29 is 23.0 Å². The van der Waals surface area contributed by atoms with E-state index in [0.29, 0.717) is 24.6 Å². The highest BCUT2D eigenvalue weighted by atomic mass is 32.2. The Hall–Kier alpha value is -1.51. The highest BCUT2D eigenvalue weighted by molar-refractivity contribution is 7.89. The maximum absolute atomic E-state index is 11.2. The van der Waals surface area contributed by atoms with E-state index in [-0.39, 0.29) is 11.5 Å². The Morgan fingerprint density at radius 3 is 2.20 bits per heavy atom. The van der Waals surface area contributed by atoms with Gasteiger partial charge in [0.05, 0.1) is 20.0 Å². The molecule has 0 atom stereocenters. The fraction of sp³-hybridized carbons (Fsp3) is 0.500. The molecule has 0 amide bonds. The summed E-state index contributed by atoms with van der Waals surface area (Å²) in [5.74, 6) is 0.556. The summed E-state index contributed by atoms with van der Waals surface area (Å²) in [7, 11) is 1.07. The standard InChI is InChI=1S/C12H20N2O5S/c1-13-20(16,17)5-4-14-8-9-6-10(18-2)12(15)11(7-9)19-3/h6-7,13-15H,4-5,8H2,1-3H3. The van der Waals surface area contributed by atoms with E-state index in [1.165, 1.54) is 21.3 Å². The third-order valence-electron chi connectivity index (χ3n) is 2.73. The van der Waals surface area contributed by atoms with Gasteiger partial charge in [-0.3, -0.25) is 0 Å². The van der Waals surface area contributed by atoms with Gasteiger partial charge in [-0.15, -0.1) is 0 Å². The zero-order valence-electron chi connectivity index (χ0n) is 11.8. The Labute approximate surface area is 119 Å². The molecule has 1 rings (SSSR count). The number of hydrogen-bond donors (Lipinski definition) is 3. The number of phenols is 1. The summed E-state index contributed by atoms with van der Waals surface area (Å²) in [6.45, 7) is 0.751. The van der Waals surface area contributed by atoms with Crippen LogP contribution < -0.4 is 19.5 Å². The third-order valence-corrected chi connectivity index (χ3v) is 4.09. The number of sulfonamides is 1. The first-order chi connectivity index (χ1) is 9.43. The van der Waals surface area contributed by atoms with Gasteiger partial charge in [-0.1, -0.05) is 0 Å². The highest BCUT2D eigenvalue weighted by Gasteiger charge is 2.11. The largest absolute Gasteiger partial charge is 0.502 e. The fourth-order valence-electron chi connectivity index (χ4n) is 1.59. The lowest BCUT2D eigenvalue weighted by atomic mass is 10.2. The molecule has 1 aromatic rings. The van der Waals surface area contributed by atoms with Crippen molar-refractivity contribution in [1.82, 2.24) is 10.0 Å². The van der Waals surface area contributed by atoms with E-state index < -0.39 is 10.0 Å². The van der Waals surface area contributed by atoms with Crippen LogP contribution in [0.2, 0.25) is 0 Å². The number of nitrogens with one attached hydrogen (secondary N) is 2. The minimum atomic E-state index is -3.21. The molecule has 0 unspecified atom stereocenters. The summed E-state index contributed by atoms with van der Waals surface area (Å²) < 4.78 is 34.8. The monoisotopic (exact) mass is 304 g/mol. The van der Waals surface area contributed by atoms with Crippen LogP contribution in [0.25, 0.3) is 0 Å². The van der Waals surface area contributed by atoms with Crippen LogP contribution in [0.3, 0.4) is 0 Å². The topological polar surface area (TPSA) is 96.9 Å². The molecule has 0 spiro atoms. The molecule has 0 aliphatic heterocycles. The molecule has 3 N–H and O–H groups in total. The molecule has 0 aromatic heterocycles. The van der Waals surface area contributed by atoms with Crippen LogP contribution in [-0.2, 0) is 16.6 Å². The van der Waals surface area contributed by atoms with Gasteiger partial charge in [0.25, 0.3) is 0 Å². The average molecular weight is 304 g/mol. The summed E-state index contributed by atoms with van der Waals surface area (Å²) >= 11 is 0. The van der Waals surface area contributed by atoms with Crippen LogP contribution in [0.1, 0.15) is 5.56 Å². The lowest BCUT2D eigenvalue weighted by molar-refractivity contribution is 0.339. The van der Waals surface area contributed by atoms with Crippen LogP contribution in [0.5, 0.6) is 17.2 Å². The van der Waals surface area contributed by atoms with Gasteiger partial charge < -0.3 is 19.9 Å². The van der Waals surface area contributed by atoms with Crippen LogP contribution in [-0.4, -0.2) is 47.1 Å². The molecule has 0 heterocycles. The van der Waals surface area contributed by atoms with E-state index in [9.17, 15) is 13.5 Å². The fourth-order valence-corrected chi connectivity index (χ4v) is 2.21. The number of benzene rings is 1. The molecule has 114 valence electrons. The first-order valence-electron chi connectivity index (χ1n) is 5.99. The molecule has 0 saturated carbocycles. The molecule has 0 aliphatic rings. The van der Waals surface area contributed by atoms with E-state index in [0.717, 1.165) is 5.56 Å². The number of rotatable bonds is 8. The van der Waals surface area contributed by atoms with Gasteiger partial charge >= 0.3 is 0 Å². The lowest BCUT2D eigenvalue weighted by Crippen LogP contribution is -2.29. The number of phenolic OH excluding ortho intramolecular Hbond substituents is 1. The van der Waals surface area contributed by atoms with Gasteiger partial charge in [0.2, 0.25) is 15.8 Å². The maximum atomic E-state index is 11.2. The Bertz CT molecular complexity index is 520. The predicted molar refractivity (Wildman–Crippen MR) is 75.8 cm³/mol. The summed E-state index contributed by atoms with van der Waals surface area (Å²) in [6, 6.07) is 3.33. The van der Waals surface area contributed by atoms with Crippen LogP contribution in [0, 0.1) is 0 Å². The number of methoxy groups -OCH3 is 2. The molecule has 0 bridgehead atoms. The Balaban J connectivity index is 2.65. The van der Waals surface area contributed by atoms with Gasteiger partial charge in [0.1, 0.15) is 0 Å². The van der Waals surface area contributed by atoms with Crippen molar-refractivity contribution in [2.75, 3.05) is 33.6 Å². The van der Waals surface area contributed by atoms with Crippen molar-refractivity contribution >= 4 is 10.0 Å². The van der Waals surface area contributed by atoms with Crippen molar-refractivity contribution in [1.29, 1.82) is 0 Å². The molecular weight excluding hydrogens is 284 g/mol. The minimum Gasteiger partial charge on any atom is -0.502 e. The average Bonchev–Trinajstić information content (AvgIpc) is 2.44. The molecule has 20 heavy (non-hydrogen) atoms. The van der Waals surface area contributed by atoms with Gasteiger partial charge in [-0.25, -0.2) is 13.1 Å². The highest BCUT2D eigenvalue weighted by Crippen LogP contribution is 2.36. The van der Waals surface area contributed by atoms with Crippen LogP contribution in [0.15, 0.2) is 12.1 Å². The second-order valence-electron chi connectivity index (χ2n) is 4.05. The van der Waals surface area contributed by atoms with Crippen LogP contribution in [0.4, 0.5) is 0 Å². The number of aromatic hydroxyl groups is 1. The smallest absolute Gasteiger partial charge is 0.212 e. The predicted octanol–water partition coefficient (Wildman–Crippen LogP) is 0.0482. The Morgan fingerprint density at radius 1 is 1.20 bits per heavy atom. The van der Waals surface area contributed by atoms with Gasteiger partial charge in [0, 0.05) is 13.1 Å². The van der Waals surface area contributed by atoms with E-state index in [1.807, 2.05) is 0 Å². The van der Waals surface area contributed by atoms with E-state index >= 15 is 0 Å². The number of ether oxygens (including phenoxy) is 2. The normalized spacial score (nSPS) is 11.3. The van der Waals surface area contributed by atoms with Crippen molar-refractivity contribution in [3.8, 4) is 17.2 Å². The first-order valence-corrected chi connectivity index (χ1v) is 7.64. The van der Waals surface area contributed by atoms with Crippen molar-refractivity contribution in [2.24, 2.45) is 0 Å². The molecule has 0 aliphatic carbocycles. The molecule has 0 saturated heterocycles. The molecular formula is C12H20N2O5S. The zero-order chi connectivity index (χ0) is 15.2. The van der Waals surface area contributed by atoms with Crippen molar-refractivity contribution in [3.63, 3.8) is 0 Å². The van der Waals surface area contributed by atoms with Crippen molar-refractivity contribution in [2.45, 2.75) is 6.54 Å². The molecule has 0 radical (unpaired) electrons. The second kappa shape index (κ2) is 7.32. The maximum Gasteiger partial charge on any atom is 0.212 e. The molecule has 8 heteroatoms.